The van der Waals surface area contributed by atoms with Gasteiger partial charge in [-0.1, -0.05) is 23.1 Å². The number of anilines is 1. The second-order valence-electron chi connectivity index (χ2n) is 2.33. The van der Waals surface area contributed by atoms with Crippen LogP contribution in [0.25, 0.3) is 0 Å². The van der Waals surface area contributed by atoms with Crippen LogP contribution >= 0.6 is 23.1 Å². The average molecular weight is 225 g/mol. The lowest BCUT2D eigenvalue weighted by Gasteiger charge is -2.00. The summed E-state index contributed by atoms with van der Waals surface area (Å²) in [5, 5.41) is 7.68. The highest BCUT2D eigenvalue weighted by molar-refractivity contribution is 8.01. The van der Waals surface area contributed by atoms with Crippen molar-refractivity contribution in [3.63, 3.8) is 0 Å². The molecule has 2 aromatic rings. The minimum absolute atomic E-state index is 0.638. The number of aromatic nitrogens is 3. The van der Waals surface area contributed by atoms with Gasteiger partial charge in [0.1, 0.15) is 11.3 Å². The van der Waals surface area contributed by atoms with Crippen molar-refractivity contribution in [3.8, 4) is 0 Å². The second kappa shape index (κ2) is 4.36. The Labute approximate surface area is 88.7 Å². The molecule has 72 valence electrons. The molecule has 0 aliphatic heterocycles. The van der Waals surface area contributed by atoms with Gasteiger partial charge in [-0.2, -0.15) is 0 Å². The molecule has 5 nitrogen and oxygen atoms in total. The molecule has 0 unspecified atom stereocenters. The molecule has 2 rings (SSSR count). The number of pyridine rings is 1. The van der Waals surface area contributed by atoms with Crippen molar-refractivity contribution in [1.29, 1.82) is 0 Å². The van der Waals surface area contributed by atoms with Crippen LogP contribution in [0.1, 0.15) is 0 Å². The largest absolute Gasteiger partial charge is 0.308 e. The fourth-order valence-electron chi connectivity index (χ4n) is 0.862. The molecule has 0 bridgehead atoms. The highest BCUT2D eigenvalue weighted by Gasteiger charge is 2.01. The molecular formula is C7H7N5S2. The molecule has 2 heterocycles. The van der Waals surface area contributed by atoms with Gasteiger partial charge in [0, 0.05) is 11.1 Å². The Morgan fingerprint density at radius 2 is 2.43 bits per heavy atom. The van der Waals surface area contributed by atoms with Crippen molar-refractivity contribution >= 4 is 28.9 Å². The zero-order chi connectivity index (χ0) is 9.80. The van der Waals surface area contributed by atoms with Crippen molar-refractivity contribution in [2.75, 3.05) is 5.43 Å². The van der Waals surface area contributed by atoms with E-state index in [2.05, 4.69) is 20.6 Å². The van der Waals surface area contributed by atoms with Gasteiger partial charge >= 0.3 is 0 Å². The van der Waals surface area contributed by atoms with Crippen LogP contribution < -0.4 is 11.3 Å². The fourth-order valence-corrected chi connectivity index (χ4v) is 2.34. The fraction of sp³-hybridized carbons (Fsp3) is 0. The third kappa shape index (κ3) is 2.19. The van der Waals surface area contributed by atoms with Gasteiger partial charge in [0.15, 0.2) is 4.34 Å². The van der Waals surface area contributed by atoms with Crippen molar-refractivity contribution in [1.82, 2.24) is 15.2 Å². The van der Waals surface area contributed by atoms with E-state index in [1.165, 1.54) is 23.1 Å². The van der Waals surface area contributed by atoms with E-state index in [1.54, 1.807) is 11.7 Å². The van der Waals surface area contributed by atoms with E-state index in [-0.39, 0.29) is 0 Å². The maximum absolute atomic E-state index is 5.24. The highest BCUT2D eigenvalue weighted by atomic mass is 32.2. The van der Waals surface area contributed by atoms with Crippen LogP contribution in [0.15, 0.2) is 33.1 Å². The predicted molar refractivity (Wildman–Crippen MR) is 56.1 cm³/mol. The molecule has 3 N–H and O–H groups in total. The Morgan fingerprint density at radius 3 is 3.14 bits per heavy atom. The first-order chi connectivity index (χ1) is 6.88. The van der Waals surface area contributed by atoms with Crippen LogP contribution in [0.2, 0.25) is 0 Å². The number of nitrogens with two attached hydrogens (primary N) is 1. The lowest BCUT2D eigenvalue weighted by atomic mass is 10.5. The molecule has 14 heavy (non-hydrogen) atoms. The summed E-state index contributed by atoms with van der Waals surface area (Å²) in [5.74, 6) is 5.88. The third-order valence-corrected chi connectivity index (χ3v) is 3.19. The Bertz CT molecular complexity index is 402. The van der Waals surface area contributed by atoms with Crippen molar-refractivity contribution in [3.05, 3.63) is 23.8 Å². The molecule has 2 aromatic heterocycles. The quantitative estimate of drug-likeness (QED) is 0.607. The molecule has 0 atom stereocenters. The van der Waals surface area contributed by atoms with Crippen molar-refractivity contribution in [2.45, 2.75) is 9.24 Å². The van der Waals surface area contributed by atoms with Crippen LogP contribution in [0.5, 0.6) is 0 Å². The van der Waals surface area contributed by atoms with E-state index < -0.39 is 0 Å². The minimum atomic E-state index is 0.638. The van der Waals surface area contributed by atoms with Crippen LogP contribution in [0, 0.1) is 0 Å². The molecular weight excluding hydrogens is 218 g/mol. The summed E-state index contributed by atoms with van der Waals surface area (Å²) in [6.45, 7) is 0. The zero-order valence-corrected chi connectivity index (χ0v) is 8.68. The Balaban J connectivity index is 2.17. The zero-order valence-electron chi connectivity index (χ0n) is 7.04. The molecule has 0 fully saturated rings. The number of hydrogen-bond donors (Lipinski definition) is 2. The molecule has 0 spiro atoms. The number of hydrazine groups is 1. The summed E-state index contributed by atoms with van der Waals surface area (Å²) in [4.78, 5) is 5.04. The summed E-state index contributed by atoms with van der Waals surface area (Å²) >= 11 is 3.03. The predicted octanol–water partition coefficient (Wildman–Crippen LogP) is 1.37. The highest BCUT2D eigenvalue weighted by Crippen LogP contribution is 2.28. The first kappa shape index (κ1) is 9.38. The van der Waals surface area contributed by atoms with E-state index in [9.17, 15) is 0 Å². The van der Waals surface area contributed by atoms with E-state index >= 15 is 0 Å². The monoisotopic (exact) mass is 225 g/mol. The summed E-state index contributed by atoms with van der Waals surface area (Å²) in [6.07, 6.45) is 1.69. The standard InChI is InChI=1S/C7H7N5S2/c8-11-6-3-5(1-2-9-6)14-7-12-10-4-13-7/h1-4H,8H2,(H,9,11). The minimum Gasteiger partial charge on any atom is -0.308 e. The SMILES string of the molecule is NNc1cc(Sc2nncs2)ccn1. The molecule has 7 heteroatoms. The van der Waals surface area contributed by atoms with Crippen molar-refractivity contribution < 1.29 is 0 Å². The van der Waals surface area contributed by atoms with Gasteiger partial charge in [-0.3, -0.25) is 0 Å². The van der Waals surface area contributed by atoms with Crippen LogP contribution in [0.4, 0.5) is 5.82 Å². The number of nitrogens with zero attached hydrogens (tertiary/aromatic N) is 3. The lowest BCUT2D eigenvalue weighted by molar-refractivity contribution is 1.01. The smallest absolute Gasteiger partial charge is 0.178 e. The Kier molecular flexibility index (Phi) is 2.92. The maximum Gasteiger partial charge on any atom is 0.178 e. The molecule has 0 radical (unpaired) electrons. The summed E-state index contributed by atoms with van der Waals surface area (Å²) in [6, 6.07) is 3.75. The Hall–Kier alpha value is -1.18. The first-order valence-corrected chi connectivity index (χ1v) is 5.45. The van der Waals surface area contributed by atoms with Gasteiger partial charge in [-0.05, 0) is 12.1 Å². The Morgan fingerprint density at radius 1 is 1.50 bits per heavy atom. The van der Waals surface area contributed by atoms with Gasteiger partial charge in [-0.15, -0.1) is 10.2 Å². The van der Waals surface area contributed by atoms with Crippen molar-refractivity contribution in [2.24, 2.45) is 5.84 Å². The van der Waals surface area contributed by atoms with Crippen LogP contribution in [0.3, 0.4) is 0 Å². The summed E-state index contributed by atoms with van der Waals surface area (Å²) in [5.41, 5.74) is 4.19. The number of nitrogen functional groups attached to an aromatic ring is 1. The topological polar surface area (TPSA) is 76.7 Å². The van der Waals surface area contributed by atoms with Crippen LogP contribution in [-0.2, 0) is 0 Å². The lowest BCUT2D eigenvalue weighted by Crippen LogP contribution is -2.07. The molecule has 0 aliphatic rings. The summed E-state index contributed by atoms with van der Waals surface area (Å²) < 4.78 is 0.902. The van der Waals surface area contributed by atoms with Gasteiger partial charge < -0.3 is 5.43 Å². The third-order valence-electron chi connectivity index (χ3n) is 1.42. The van der Waals surface area contributed by atoms with E-state index in [1.807, 2.05) is 12.1 Å². The normalized spacial score (nSPS) is 10.1. The number of nitrogens with one attached hydrogen (secondary N) is 1. The van der Waals surface area contributed by atoms with Gasteiger partial charge in [0.2, 0.25) is 0 Å². The van der Waals surface area contributed by atoms with Crippen LogP contribution in [-0.4, -0.2) is 15.2 Å². The van der Waals surface area contributed by atoms with E-state index in [0.29, 0.717) is 5.82 Å². The second-order valence-corrected chi connectivity index (χ2v) is 4.48. The molecule has 0 saturated carbocycles. The van der Waals surface area contributed by atoms with Gasteiger partial charge in [0.05, 0.1) is 0 Å². The average Bonchev–Trinajstić information content (AvgIpc) is 2.71. The molecule has 0 aliphatic carbocycles. The van der Waals surface area contributed by atoms with Gasteiger partial charge in [0.25, 0.3) is 0 Å². The molecule has 0 aromatic carbocycles. The van der Waals surface area contributed by atoms with E-state index in [0.717, 1.165) is 9.24 Å². The summed E-state index contributed by atoms with van der Waals surface area (Å²) in [7, 11) is 0. The number of rotatable bonds is 3. The molecule has 0 amide bonds. The maximum atomic E-state index is 5.24. The van der Waals surface area contributed by atoms with E-state index in [4.69, 9.17) is 5.84 Å². The first-order valence-electron chi connectivity index (χ1n) is 3.75. The van der Waals surface area contributed by atoms with Gasteiger partial charge in [-0.25, -0.2) is 10.8 Å². The molecule has 0 saturated heterocycles. The number of hydrogen-bond acceptors (Lipinski definition) is 7.